The summed E-state index contributed by atoms with van der Waals surface area (Å²) in [5, 5.41) is 3.32. The lowest BCUT2D eigenvalue weighted by molar-refractivity contribution is -0.121. The predicted molar refractivity (Wildman–Crippen MR) is 123 cm³/mol. The van der Waals surface area contributed by atoms with Gasteiger partial charge in [0.05, 0.1) is 17.4 Å². The minimum atomic E-state index is -0.606. The Morgan fingerprint density at radius 3 is 2.39 bits per heavy atom. The standard InChI is InChI=1S/C25H26FN3O4/c26-18-13-11-17(12-14-18)22(30)16-29-21-9-4-3-8-20(21)24(32)28(25(29)33)15-5-10-23(31)27-19-6-1-2-7-19/h3-4,8-9,11-14,19H,1-2,5-7,10,15-16H2,(H,27,31). The predicted octanol–water partition coefficient (Wildman–Crippen LogP) is 3.02. The molecule has 0 spiro atoms. The van der Waals surface area contributed by atoms with E-state index in [-0.39, 0.29) is 42.8 Å². The van der Waals surface area contributed by atoms with Gasteiger partial charge in [0.2, 0.25) is 5.91 Å². The van der Waals surface area contributed by atoms with E-state index < -0.39 is 17.1 Å². The highest BCUT2D eigenvalue weighted by Crippen LogP contribution is 2.17. The maximum Gasteiger partial charge on any atom is 0.331 e. The fourth-order valence-corrected chi connectivity index (χ4v) is 4.36. The number of para-hydroxylation sites is 1. The molecule has 1 saturated carbocycles. The molecule has 33 heavy (non-hydrogen) atoms. The van der Waals surface area contributed by atoms with Crippen LogP contribution in [0.1, 0.15) is 48.9 Å². The molecule has 1 fully saturated rings. The molecular weight excluding hydrogens is 425 g/mol. The Bertz CT molecular complexity index is 1290. The van der Waals surface area contributed by atoms with Crippen molar-refractivity contribution in [2.45, 2.75) is 57.7 Å². The van der Waals surface area contributed by atoms with Crippen molar-refractivity contribution in [3.05, 3.63) is 80.7 Å². The van der Waals surface area contributed by atoms with Crippen molar-refractivity contribution in [1.82, 2.24) is 14.5 Å². The second-order valence-corrected chi connectivity index (χ2v) is 8.43. The molecule has 3 aromatic rings. The number of carbonyl (C=O) groups is 2. The van der Waals surface area contributed by atoms with E-state index in [0.29, 0.717) is 17.3 Å². The van der Waals surface area contributed by atoms with Gasteiger partial charge in [0, 0.05) is 24.6 Å². The summed E-state index contributed by atoms with van der Waals surface area (Å²) < 4.78 is 15.6. The molecule has 1 N–H and O–H groups in total. The number of hydrogen-bond donors (Lipinski definition) is 1. The molecular formula is C25H26FN3O4. The first kappa shape index (κ1) is 22.6. The number of hydrogen-bond acceptors (Lipinski definition) is 4. The molecule has 2 aromatic carbocycles. The van der Waals surface area contributed by atoms with E-state index >= 15 is 0 Å². The van der Waals surface area contributed by atoms with E-state index in [1.54, 1.807) is 24.3 Å². The van der Waals surface area contributed by atoms with Crippen LogP contribution in [0.15, 0.2) is 58.1 Å². The lowest BCUT2D eigenvalue weighted by atomic mass is 10.1. The average Bonchev–Trinajstić information content (AvgIpc) is 3.32. The first-order chi connectivity index (χ1) is 15.9. The van der Waals surface area contributed by atoms with Gasteiger partial charge in [0.1, 0.15) is 5.82 Å². The number of Topliss-reactive ketones (excluding diaryl/α,β-unsaturated/α-hetero) is 1. The number of nitrogens with zero attached hydrogens (tertiary/aromatic N) is 2. The summed E-state index contributed by atoms with van der Waals surface area (Å²) in [7, 11) is 0. The Kier molecular flexibility index (Phi) is 6.82. The highest BCUT2D eigenvalue weighted by Gasteiger charge is 2.18. The molecule has 0 saturated heterocycles. The lowest BCUT2D eigenvalue weighted by Crippen LogP contribution is -2.41. The quantitative estimate of drug-likeness (QED) is 0.533. The fourth-order valence-electron chi connectivity index (χ4n) is 4.36. The summed E-state index contributed by atoms with van der Waals surface area (Å²) in [5.74, 6) is -0.911. The summed E-state index contributed by atoms with van der Waals surface area (Å²) in [6.45, 7) is -0.210. The van der Waals surface area contributed by atoms with Crippen LogP contribution < -0.4 is 16.6 Å². The van der Waals surface area contributed by atoms with Gasteiger partial charge in [-0.1, -0.05) is 25.0 Å². The van der Waals surface area contributed by atoms with Gasteiger partial charge >= 0.3 is 5.69 Å². The maximum absolute atomic E-state index is 13.2. The lowest BCUT2D eigenvalue weighted by Gasteiger charge is -2.14. The number of benzene rings is 2. The molecule has 7 nitrogen and oxygen atoms in total. The molecule has 0 radical (unpaired) electrons. The molecule has 1 aromatic heterocycles. The van der Waals surface area contributed by atoms with Crippen LogP contribution in [0.25, 0.3) is 10.9 Å². The van der Waals surface area contributed by atoms with E-state index in [2.05, 4.69) is 5.32 Å². The minimum Gasteiger partial charge on any atom is -0.353 e. The molecule has 0 bridgehead atoms. The van der Waals surface area contributed by atoms with Gasteiger partial charge in [-0.3, -0.25) is 23.5 Å². The van der Waals surface area contributed by atoms with Crippen LogP contribution in [0.3, 0.4) is 0 Å². The first-order valence-electron chi connectivity index (χ1n) is 11.2. The Labute approximate surface area is 189 Å². The van der Waals surface area contributed by atoms with Crippen molar-refractivity contribution < 1.29 is 14.0 Å². The number of rotatable bonds is 8. The van der Waals surface area contributed by atoms with Crippen molar-refractivity contribution >= 4 is 22.6 Å². The third-order valence-electron chi connectivity index (χ3n) is 6.11. The van der Waals surface area contributed by atoms with Gasteiger partial charge in [0.25, 0.3) is 5.56 Å². The zero-order valence-corrected chi connectivity index (χ0v) is 18.3. The smallest absolute Gasteiger partial charge is 0.331 e. The fraction of sp³-hybridized carbons (Fsp3) is 0.360. The second kappa shape index (κ2) is 9.94. The molecule has 0 unspecified atom stereocenters. The number of aromatic nitrogens is 2. The van der Waals surface area contributed by atoms with Crippen molar-refractivity contribution in [2.75, 3.05) is 0 Å². The van der Waals surface area contributed by atoms with Gasteiger partial charge < -0.3 is 5.32 Å². The van der Waals surface area contributed by atoms with Crippen LogP contribution in [-0.4, -0.2) is 26.9 Å². The van der Waals surface area contributed by atoms with Crippen molar-refractivity contribution in [3.8, 4) is 0 Å². The van der Waals surface area contributed by atoms with Gasteiger partial charge in [-0.2, -0.15) is 0 Å². The molecule has 4 rings (SSSR count). The third-order valence-corrected chi connectivity index (χ3v) is 6.11. The number of halogens is 1. The molecule has 1 aliphatic carbocycles. The molecule has 1 amide bonds. The van der Waals surface area contributed by atoms with Crippen molar-refractivity contribution in [1.29, 1.82) is 0 Å². The Morgan fingerprint density at radius 1 is 0.970 bits per heavy atom. The van der Waals surface area contributed by atoms with E-state index in [9.17, 15) is 23.6 Å². The summed E-state index contributed by atoms with van der Waals surface area (Å²) in [6, 6.07) is 11.9. The van der Waals surface area contributed by atoms with Crippen molar-refractivity contribution in [2.24, 2.45) is 0 Å². The van der Waals surface area contributed by atoms with Crippen LogP contribution in [-0.2, 0) is 17.9 Å². The minimum absolute atomic E-state index is 0.0747. The summed E-state index contributed by atoms with van der Waals surface area (Å²) in [5.41, 5.74) is -0.422. The van der Waals surface area contributed by atoms with Crippen LogP contribution in [0.4, 0.5) is 4.39 Å². The normalized spacial score (nSPS) is 14.0. The van der Waals surface area contributed by atoms with E-state index in [4.69, 9.17) is 0 Å². The average molecular weight is 451 g/mol. The SMILES string of the molecule is O=C(CCCn1c(=O)c2ccccc2n(CC(=O)c2ccc(F)cc2)c1=O)NC1CCCC1. The van der Waals surface area contributed by atoms with Gasteiger partial charge in [-0.15, -0.1) is 0 Å². The molecule has 172 valence electrons. The Hall–Kier alpha value is -3.55. The molecule has 0 aliphatic heterocycles. The summed E-state index contributed by atoms with van der Waals surface area (Å²) in [6.07, 6.45) is 4.76. The summed E-state index contributed by atoms with van der Waals surface area (Å²) >= 11 is 0. The van der Waals surface area contributed by atoms with E-state index in [1.807, 2.05) is 0 Å². The first-order valence-corrected chi connectivity index (χ1v) is 11.2. The Balaban J connectivity index is 1.57. The zero-order chi connectivity index (χ0) is 23.4. The monoisotopic (exact) mass is 451 g/mol. The number of ketones is 1. The number of amides is 1. The maximum atomic E-state index is 13.2. The molecule has 1 aliphatic rings. The third kappa shape index (κ3) is 5.10. The largest absolute Gasteiger partial charge is 0.353 e. The summed E-state index contributed by atoms with van der Waals surface area (Å²) in [4.78, 5) is 51.1. The highest BCUT2D eigenvalue weighted by molar-refractivity contribution is 5.96. The second-order valence-electron chi connectivity index (χ2n) is 8.43. The van der Waals surface area contributed by atoms with Crippen LogP contribution in [0, 0.1) is 5.82 Å². The highest BCUT2D eigenvalue weighted by atomic mass is 19.1. The van der Waals surface area contributed by atoms with E-state index in [0.717, 1.165) is 30.3 Å². The zero-order valence-electron chi connectivity index (χ0n) is 18.3. The van der Waals surface area contributed by atoms with Gasteiger partial charge in [-0.25, -0.2) is 9.18 Å². The Morgan fingerprint density at radius 2 is 1.67 bits per heavy atom. The number of nitrogens with one attached hydrogen (secondary N) is 1. The molecule has 0 atom stereocenters. The number of carbonyl (C=O) groups excluding carboxylic acids is 2. The van der Waals surface area contributed by atoms with E-state index in [1.165, 1.54) is 28.8 Å². The molecule has 1 heterocycles. The number of fused-ring (bicyclic) bond motifs is 1. The topological polar surface area (TPSA) is 90.2 Å². The van der Waals surface area contributed by atoms with Gasteiger partial charge in [0.15, 0.2) is 5.78 Å². The van der Waals surface area contributed by atoms with Crippen LogP contribution in [0.2, 0.25) is 0 Å². The molecule has 8 heteroatoms. The van der Waals surface area contributed by atoms with Gasteiger partial charge in [-0.05, 0) is 55.7 Å². The van der Waals surface area contributed by atoms with Crippen LogP contribution >= 0.6 is 0 Å². The van der Waals surface area contributed by atoms with Crippen LogP contribution in [0.5, 0.6) is 0 Å². The van der Waals surface area contributed by atoms with Crippen molar-refractivity contribution in [3.63, 3.8) is 0 Å².